The molecule has 0 unspecified atom stereocenters. The van der Waals surface area contributed by atoms with Crippen LogP contribution >= 0.6 is 0 Å². The summed E-state index contributed by atoms with van der Waals surface area (Å²) < 4.78 is 17.1. The van der Waals surface area contributed by atoms with Crippen LogP contribution in [0.3, 0.4) is 0 Å². The van der Waals surface area contributed by atoms with E-state index in [1.54, 1.807) is 4.68 Å². The third kappa shape index (κ3) is 4.26. The van der Waals surface area contributed by atoms with Crippen LogP contribution in [0.5, 0.6) is 0 Å². The van der Waals surface area contributed by atoms with Crippen LogP contribution in [-0.4, -0.2) is 35.9 Å². The molecule has 144 valence electrons. The second-order valence-electron chi connectivity index (χ2n) is 6.28. The van der Waals surface area contributed by atoms with Crippen molar-refractivity contribution >= 4 is 35.5 Å². The molecule has 0 radical (unpaired) electrons. The standard InChI is InChI=1S/C22H17FN4OSe/c1-15-21(22(28)24-17-13-11-16(23)12-14-17)25-26-27(15)19-9-5-6-10-20(19)29-18-7-3-2-4-8-18/h2-14H,1H3,(H,24,28). The van der Waals surface area contributed by atoms with Crippen LogP contribution < -0.4 is 14.2 Å². The molecule has 4 aromatic rings. The molecule has 5 nitrogen and oxygen atoms in total. The molecule has 0 atom stereocenters. The average molecular weight is 451 g/mol. The monoisotopic (exact) mass is 452 g/mol. The molecule has 0 aliphatic rings. The summed E-state index contributed by atoms with van der Waals surface area (Å²) in [5, 5.41) is 11.0. The van der Waals surface area contributed by atoms with Gasteiger partial charge in [0.05, 0.1) is 0 Å². The number of hydrogen-bond acceptors (Lipinski definition) is 3. The predicted octanol–water partition coefficient (Wildman–Crippen LogP) is 2.62. The molecule has 1 aromatic heterocycles. The Kier molecular flexibility index (Phi) is 5.51. The summed E-state index contributed by atoms with van der Waals surface area (Å²) in [6, 6.07) is 23.8. The van der Waals surface area contributed by atoms with Crippen LogP contribution in [0.4, 0.5) is 10.1 Å². The molecule has 4 rings (SSSR count). The van der Waals surface area contributed by atoms with Crippen molar-refractivity contribution in [1.29, 1.82) is 0 Å². The number of aromatic nitrogens is 3. The van der Waals surface area contributed by atoms with Crippen LogP contribution in [0, 0.1) is 12.7 Å². The fourth-order valence-electron chi connectivity index (χ4n) is 2.83. The van der Waals surface area contributed by atoms with Gasteiger partial charge in [0.2, 0.25) is 0 Å². The normalized spacial score (nSPS) is 10.7. The van der Waals surface area contributed by atoms with Crippen LogP contribution in [-0.2, 0) is 0 Å². The van der Waals surface area contributed by atoms with E-state index < -0.39 is 0 Å². The van der Waals surface area contributed by atoms with Crippen molar-refractivity contribution in [1.82, 2.24) is 15.0 Å². The van der Waals surface area contributed by atoms with E-state index in [0.717, 1.165) is 10.1 Å². The van der Waals surface area contributed by atoms with Crippen molar-refractivity contribution in [3.63, 3.8) is 0 Å². The Morgan fingerprint density at radius 3 is 2.41 bits per heavy atom. The predicted molar refractivity (Wildman–Crippen MR) is 112 cm³/mol. The summed E-state index contributed by atoms with van der Waals surface area (Å²) >= 11 is 0.0901. The first-order valence-corrected chi connectivity index (χ1v) is 10.6. The van der Waals surface area contributed by atoms with Crippen molar-refractivity contribution in [2.24, 2.45) is 0 Å². The zero-order valence-electron chi connectivity index (χ0n) is 15.5. The molecular formula is C22H17FN4OSe. The van der Waals surface area contributed by atoms with E-state index >= 15 is 0 Å². The summed E-state index contributed by atoms with van der Waals surface area (Å²) in [4.78, 5) is 12.6. The Hall–Kier alpha value is -3.28. The third-order valence-electron chi connectivity index (χ3n) is 4.28. The average Bonchev–Trinajstić information content (AvgIpc) is 3.12. The van der Waals surface area contributed by atoms with Crippen molar-refractivity contribution in [3.8, 4) is 5.69 Å². The number of halogens is 1. The van der Waals surface area contributed by atoms with E-state index in [0.29, 0.717) is 11.4 Å². The number of carbonyl (C=O) groups excluding carboxylic acids is 1. The molecule has 0 aliphatic heterocycles. The van der Waals surface area contributed by atoms with E-state index in [2.05, 4.69) is 33.8 Å². The van der Waals surface area contributed by atoms with Crippen LogP contribution in [0.15, 0.2) is 78.9 Å². The molecule has 29 heavy (non-hydrogen) atoms. The first kappa shape index (κ1) is 19.1. The number of hydrogen-bond donors (Lipinski definition) is 1. The van der Waals surface area contributed by atoms with Crippen molar-refractivity contribution in [2.75, 3.05) is 5.32 Å². The molecule has 0 fully saturated rings. The number of carbonyl (C=O) groups is 1. The Bertz CT molecular complexity index is 1140. The number of nitrogens with zero attached hydrogens (tertiary/aromatic N) is 3. The van der Waals surface area contributed by atoms with Gasteiger partial charge >= 0.3 is 174 Å². The molecule has 0 spiro atoms. The fraction of sp³-hybridized carbons (Fsp3) is 0.0455. The van der Waals surface area contributed by atoms with Gasteiger partial charge in [-0.05, 0) is 0 Å². The van der Waals surface area contributed by atoms with Gasteiger partial charge < -0.3 is 0 Å². The van der Waals surface area contributed by atoms with Gasteiger partial charge in [0.25, 0.3) is 0 Å². The molecule has 7 heteroatoms. The van der Waals surface area contributed by atoms with Gasteiger partial charge in [-0.15, -0.1) is 0 Å². The SMILES string of the molecule is Cc1c(C(=O)Nc2ccc(F)cc2)nnn1-c1ccccc1[Se]c1ccccc1. The van der Waals surface area contributed by atoms with Gasteiger partial charge in [-0.1, -0.05) is 0 Å². The summed E-state index contributed by atoms with van der Waals surface area (Å²) in [6.45, 7) is 1.81. The molecule has 1 N–H and O–H groups in total. The van der Waals surface area contributed by atoms with Gasteiger partial charge in [-0.2, -0.15) is 0 Å². The van der Waals surface area contributed by atoms with Crippen LogP contribution in [0.2, 0.25) is 0 Å². The first-order valence-electron chi connectivity index (χ1n) is 8.93. The summed E-state index contributed by atoms with van der Waals surface area (Å²) in [5.41, 5.74) is 2.28. The van der Waals surface area contributed by atoms with Crippen molar-refractivity contribution < 1.29 is 9.18 Å². The first-order chi connectivity index (χ1) is 14.1. The molecular weight excluding hydrogens is 434 g/mol. The Balaban J connectivity index is 1.62. The van der Waals surface area contributed by atoms with Crippen molar-refractivity contribution in [2.45, 2.75) is 6.92 Å². The van der Waals surface area contributed by atoms with Gasteiger partial charge in [-0.3, -0.25) is 0 Å². The maximum absolute atomic E-state index is 13.1. The number of amides is 1. The second-order valence-corrected chi connectivity index (χ2v) is 8.62. The molecule has 0 saturated heterocycles. The number of rotatable bonds is 5. The van der Waals surface area contributed by atoms with E-state index in [1.807, 2.05) is 43.3 Å². The fourth-order valence-corrected chi connectivity index (χ4v) is 4.82. The maximum atomic E-state index is 13.1. The van der Waals surface area contributed by atoms with Crippen molar-refractivity contribution in [3.05, 3.63) is 96.1 Å². The Labute approximate surface area is 173 Å². The summed E-state index contributed by atoms with van der Waals surface area (Å²) in [7, 11) is 0. The number of benzene rings is 3. The van der Waals surface area contributed by atoms with E-state index in [4.69, 9.17) is 0 Å². The van der Waals surface area contributed by atoms with Gasteiger partial charge in [0.15, 0.2) is 0 Å². The van der Waals surface area contributed by atoms with Gasteiger partial charge in [0.1, 0.15) is 0 Å². The third-order valence-corrected chi connectivity index (χ3v) is 6.53. The molecule has 0 bridgehead atoms. The van der Waals surface area contributed by atoms with Crippen LogP contribution in [0.25, 0.3) is 5.69 Å². The summed E-state index contributed by atoms with van der Waals surface area (Å²) in [6.07, 6.45) is 0. The quantitative estimate of drug-likeness (QED) is 0.475. The number of anilines is 1. The molecule has 3 aromatic carbocycles. The minimum atomic E-state index is -0.383. The molecule has 0 aliphatic carbocycles. The van der Waals surface area contributed by atoms with E-state index in [-0.39, 0.29) is 32.4 Å². The molecule has 0 saturated carbocycles. The van der Waals surface area contributed by atoms with Gasteiger partial charge in [-0.25, -0.2) is 0 Å². The summed E-state index contributed by atoms with van der Waals surface area (Å²) in [5.74, 6) is -0.742. The van der Waals surface area contributed by atoms with Crippen LogP contribution in [0.1, 0.15) is 16.2 Å². The van der Waals surface area contributed by atoms with Gasteiger partial charge in [0, 0.05) is 0 Å². The van der Waals surface area contributed by atoms with E-state index in [9.17, 15) is 9.18 Å². The molecule has 1 heterocycles. The zero-order valence-corrected chi connectivity index (χ0v) is 17.3. The topological polar surface area (TPSA) is 59.8 Å². The number of nitrogens with one attached hydrogen (secondary N) is 1. The zero-order chi connectivity index (χ0) is 20.2. The number of para-hydroxylation sites is 1. The Morgan fingerprint density at radius 1 is 0.966 bits per heavy atom. The minimum absolute atomic E-state index is 0.0901. The molecule has 1 amide bonds. The Morgan fingerprint density at radius 2 is 1.66 bits per heavy atom. The van der Waals surface area contributed by atoms with E-state index in [1.165, 1.54) is 28.7 Å². The second kappa shape index (κ2) is 8.39.